The number of nitrogens with zero attached hydrogens (tertiary/aromatic N) is 1. The van der Waals surface area contributed by atoms with Gasteiger partial charge in [0.1, 0.15) is 5.69 Å². The average Bonchev–Trinajstić information content (AvgIpc) is 2.03. The van der Waals surface area contributed by atoms with Gasteiger partial charge in [0.05, 0.1) is 6.10 Å². The van der Waals surface area contributed by atoms with Gasteiger partial charge in [0.15, 0.2) is 0 Å². The summed E-state index contributed by atoms with van der Waals surface area (Å²) in [5, 5.41) is 0. The van der Waals surface area contributed by atoms with E-state index in [-0.39, 0.29) is 12.1 Å². The number of ether oxygens (including phenoxy) is 1. The molecule has 70 valence electrons. The van der Waals surface area contributed by atoms with E-state index in [9.17, 15) is 4.79 Å². The lowest BCUT2D eigenvalue weighted by molar-refractivity contribution is 0.0370. The van der Waals surface area contributed by atoms with Crippen LogP contribution in [-0.4, -0.2) is 17.1 Å². The number of pyridine rings is 1. The molecule has 1 aromatic rings. The van der Waals surface area contributed by atoms with Crippen molar-refractivity contribution in [3.63, 3.8) is 0 Å². The number of rotatable bonds is 2. The van der Waals surface area contributed by atoms with Crippen molar-refractivity contribution in [2.45, 2.75) is 26.9 Å². The SMILES string of the molecule is Cc1cccc(C(=O)OC(C)C)n1. The van der Waals surface area contributed by atoms with Crippen molar-refractivity contribution in [2.75, 3.05) is 0 Å². The Morgan fingerprint density at radius 3 is 2.69 bits per heavy atom. The normalized spacial score (nSPS) is 10.2. The molecule has 3 nitrogen and oxygen atoms in total. The highest BCUT2D eigenvalue weighted by molar-refractivity contribution is 5.87. The Bertz CT molecular complexity index is 308. The van der Waals surface area contributed by atoms with Crippen molar-refractivity contribution >= 4 is 5.97 Å². The topological polar surface area (TPSA) is 39.2 Å². The molecule has 0 atom stereocenters. The van der Waals surface area contributed by atoms with Gasteiger partial charge >= 0.3 is 5.97 Å². The monoisotopic (exact) mass is 179 g/mol. The number of aryl methyl sites for hydroxylation is 1. The van der Waals surface area contributed by atoms with Gasteiger partial charge in [-0.1, -0.05) is 6.07 Å². The van der Waals surface area contributed by atoms with E-state index in [0.29, 0.717) is 5.69 Å². The van der Waals surface area contributed by atoms with E-state index in [1.54, 1.807) is 12.1 Å². The first-order valence-corrected chi connectivity index (χ1v) is 4.24. The summed E-state index contributed by atoms with van der Waals surface area (Å²) in [5.74, 6) is -0.362. The van der Waals surface area contributed by atoms with Crippen LogP contribution in [-0.2, 0) is 4.74 Å². The van der Waals surface area contributed by atoms with Crippen molar-refractivity contribution < 1.29 is 9.53 Å². The van der Waals surface area contributed by atoms with Gasteiger partial charge in [-0.25, -0.2) is 9.78 Å². The van der Waals surface area contributed by atoms with E-state index in [1.807, 2.05) is 26.8 Å². The van der Waals surface area contributed by atoms with E-state index >= 15 is 0 Å². The molecule has 1 aromatic heterocycles. The van der Waals surface area contributed by atoms with E-state index in [1.165, 1.54) is 0 Å². The summed E-state index contributed by atoms with van der Waals surface area (Å²) in [6.07, 6.45) is -0.102. The third kappa shape index (κ3) is 2.86. The Kier molecular flexibility index (Phi) is 3.01. The Morgan fingerprint density at radius 1 is 1.46 bits per heavy atom. The van der Waals surface area contributed by atoms with Crippen molar-refractivity contribution in [1.82, 2.24) is 4.98 Å². The molecular weight excluding hydrogens is 166 g/mol. The molecule has 0 N–H and O–H groups in total. The smallest absolute Gasteiger partial charge is 0.357 e. The predicted molar refractivity (Wildman–Crippen MR) is 49.5 cm³/mol. The van der Waals surface area contributed by atoms with Gasteiger partial charge in [0.2, 0.25) is 0 Å². The third-order valence-corrected chi connectivity index (χ3v) is 1.44. The van der Waals surface area contributed by atoms with Gasteiger partial charge in [0, 0.05) is 5.69 Å². The van der Waals surface area contributed by atoms with Crippen LogP contribution in [0.2, 0.25) is 0 Å². The van der Waals surface area contributed by atoms with Crippen LogP contribution < -0.4 is 0 Å². The third-order valence-electron chi connectivity index (χ3n) is 1.44. The lowest BCUT2D eigenvalue weighted by atomic mass is 10.3. The highest BCUT2D eigenvalue weighted by Crippen LogP contribution is 2.02. The van der Waals surface area contributed by atoms with Gasteiger partial charge in [-0.15, -0.1) is 0 Å². The number of hydrogen-bond acceptors (Lipinski definition) is 3. The molecule has 0 aliphatic heterocycles. The first-order chi connectivity index (χ1) is 6.09. The first kappa shape index (κ1) is 9.71. The molecule has 0 amide bonds. The van der Waals surface area contributed by atoms with Crippen molar-refractivity contribution in [1.29, 1.82) is 0 Å². The molecule has 0 bridgehead atoms. The van der Waals surface area contributed by atoms with Gasteiger partial charge in [-0.2, -0.15) is 0 Å². The van der Waals surface area contributed by atoms with Crippen LogP contribution >= 0.6 is 0 Å². The number of hydrogen-bond donors (Lipinski definition) is 0. The van der Waals surface area contributed by atoms with Crippen LogP contribution in [0.1, 0.15) is 30.0 Å². The predicted octanol–water partition coefficient (Wildman–Crippen LogP) is 1.96. The molecule has 1 rings (SSSR count). The van der Waals surface area contributed by atoms with E-state index in [4.69, 9.17) is 4.74 Å². The molecule has 1 heterocycles. The Balaban J connectivity index is 2.77. The Morgan fingerprint density at radius 2 is 2.15 bits per heavy atom. The molecule has 0 aliphatic carbocycles. The van der Waals surface area contributed by atoms with Crippen molar-refractivity contribution in [3.05, 3.63) is 29.6 Å². The van der Waals surface area contributed by atoms with Gasteiger partial charge in [-0.05, 0) is 32.9 Å². The summed E-state index contributed by atoms with van der Waals surface area (Å²) in [4.78, 5) is 15.4. The molecular formula is C10H13NO2. The van der Waals surface area contributed by atoms with E-state index < -0.39 is 0 Å². The summed E-state index contributed by atoms with van der Waals surface area (Å²) in [5.41, 5.74) is 1.19. The van der Waals surface area contributed by atoms with Crippen LogP contribution in [0.15, 0.2) is 18.2 Å². The minimum Gasteiger partial charge on any atom is -0.458 e. The fourth-order valence-electron chi connectivity index (χ4n) is 0.931. The maximum atomic E-state index is 11.3. The minimum absolute atomic E-state index is 0.102. The van der Waals surface area contributed by atoms with Crippen LogP contribution in [0.5, 0.6) is 0 Å². The fourth-order valence-corrected chi connectivity index (χ4v) is 0.931. The molecule has 13 heavy (non-hydrogen) atoms. The summed E-state index contributed by atoms with van der Waals surface area (Å²) in [6, 6.07) is 5.28. The molecule has 0 aromatic carbocycles. The maximum absolute atomic E-state index is 11.3. The molecule has 0 radical (unpaired) electrons. The molecule has 0 saturated heterocycles. The van der Waals surface area contributed by atoms with Crippen LogP contribution in [0.3, 0.4) is 0 Å². The molecule has 0 spiro atoms. The zero-order chi connectivity index (χ0) is 9.84. The highest BCUT2D eigenvalue weighted by Gasteiger charge is 2.09. The van der Waals surface area contributed by atoms with Crippen LogP contribution in [0, 0.1) is 6.92 Å². The zero-order valence-electron chi connectivity index (χ0n) is 8.07. The summed E-state index contributed by atoms with van der Waals surface area (Å²) >= 11 is 0. The Hall–Kier alpha value is -1.38. The van der Waals surface area contributed by atoms with E-state index in [0.717, 1.165) is 5.69 Å². The maximum Gasteiger partial charge on any atom is 0.357 e. The second kappa shape index (κ2) is 4.03. The second-order valence-corrected chi connectivity index (χ2v) is 3.12. The number of esters is 1. The van der Waals surface area contributed by atoms with Crippen LogP contribution in [0.4, 0.5) is 0 Å². The Labute approximate surface area is 77.8 Å². The number of aromatic nitrogens is 1. The fraction of sp³-hybridized carbons (Fsp3) is 0.400. The first-order valence-electron chi connectivity index (χ1n) is 4.24. The number of carbonyl (C=O) groups excluding carboxylic acids is 1. The molecule has 0 fully saturated rings. The summed E-state index contributed by atoms with van der Waals surface area (Å²) < 4.78 is 4.99. The van der Waals surface area contributed by atoms with Crippen LogP contribution in [0.25, 0.3) is 0 Å². The molecule has 0 aliphatic rings. The van der Waals surface area contributed by atoms with Crippen molar-refractivity contribution in [2.24, 2.45) is 0 Å². The summed E-state index contributed by atoms with van der Waals surface area (Å²) in [7, 11) is 0. The molecule has 0 saturated carbocycles. The molecule has 3 heteroatoms. The van der Waals surface area contributed by atoms with Gasteiger partial charge in [-0.3, -0.25) is 0 Å². The largest absolute Gasteiger partial charge is 0.458 e. The lowest BCUT2D eigenvalue weighted by Crippen LogP contribution is -2.13. The lowest BCUT2D eigenvalue weighted by Gasteiger charge is -2.06. The van der Waals surface area contributed by atoms with Gasteiger partial charge in [0.25, 0.3) is 0 Å². The van der Waals surface area contributed by atoms with Gasteiger partial charge < -0.3 is 4.74 Å². The zero-order valence-corrected chi connectivity index (χ0v) is 8.07. The summed E-state index contributed by atoms with van der Waals surface area (Å²) in [6.45, 7) is 5.47. The number of carbonyl (C=O) groups is 1. The average molecular weight is 179 g/mol. The highest BCUT2D eigenvalue weighted by atomic mass is 16.5. The quantitative estimate of drug-likeness (QED) is 0.651. The second-order valence-electron chi connectivity index (χ2n) is 3.12. The van der Waals surface area contributed by atoms with Crippen molar-refractivity contribution in [3.8, 4) is 0 Å². The minimum atomic E-state index is -0.362. The molecule has 0 unspecified atom stereocenters. The standard InChI is InChI=1S/C10H13NO2/c1-7(2)13-10(12)9-6-4-5-8(3)11-9/h4-7H,1-3H3. The van der Waals surface area contributed by atoms with E-state index in [2.05, 4.69) is 4.98 Å².